The summed E-state index contributed by atoms with van der Waals surface area (Å²) in [5.41, 5.74) is 0.533. The molecule has 7 nitrogen and oxygen atoms in total. The minimum atomic E-state index is -1.10. The van der Waals surface area contributed by atoms with Crippen molar-refractivity contribution >= 4 is 45.7 Å². The molecular formula is C19H23ClN4O3S. The van der Waals surface area contributed by atoms with Crippen molar-refractivity contribution in [2.75, 3.05) is 17.2 Å². The molecule has 0 amide bonds. The van der Waals surface area contributed by atoms with Gasteiger partial charge in [0.15, 0.2) is 5.13 Å². The molecule has 4 N–H and O–H groups in total. The first-order valence-electron chi connectivity index (χ1n) is 8.75. The molecule has 1 aliphatic rings. The molecule has 0 radical (unpaired) electrons. The number of nitrogens with zero attached hydrogens (tertiary/aromatic N) is 2. The molecule has 0 aliphatic carbocycles. The lowest BCUT2D eigenvalue weighted by atomic mass is 9.89. The van der Waals surface area contributed by atoms with E-state index in [9.17, 15) is 10.2 Å². The van der Waals surface area contributed by atoms with Crippen LogP contribution in [0, 0.1) is 5.41 Å². The van der Waals surface area contributed by atoms with Crippen molar-refractivity contribution in [2.24, 2.45) is 10.4 Å². The summed E-state index contributed by atoms with van der Waals surface area (Å²) in [5, 5.41) is 26.0. The number of hydrogen-bond acceptors (Lipinski definition) is 8. The van der Waals surface area contributed by atoms with Crippen molar-refractivity contribution in [1.82, 2.24) is 4.98 Å². The lowest BCUT2D eigenvalue weighted by Crippen LogP contribution is -2.29. The first-order chi connectivity index (χ1) is 13.2. The van der Waals surface area contributed by atoms with E-state index in [2.05, 4.69) is 41.4 Å². The highest BCUT2D eigenvalue weighted by molar-refractivity contribution is 7.16. The molecule has 0 fully saturated rings. The fraction of sp³-hybridized carbons (Fsp3) is 0.368. The summed E-state index contributed by atoms with van der Waals surface area (Å²) in [5.74, 6) is 0.672. The first kappa shape index (κ1) is 20.4. The van der Waals surface area contributed by atoms with Gasteiger partial charge in [0.2, 0.25) is 12.2 Å². The Balaban J connectivity index is 1.54. The molecule has 9 heteroatoms. The molecule has 1 aromatic carbocycles. The molecule has 0 saturated heterocycles. The lowest BCUT2D eigenvalue weighted by molar-refractivity contribution is 0.104. The summed E-state index contributed by atoms with van der Waals surface area (Å²) in [7, 11) is 0. The number of halogens is 1. The number of benzene rings is 1. The van der Waals surface area contributed by atoms with Crippen molar-refractivity contribution in [3.63, 3.8) is 0 Å². The number of aliphatic hydroxyl groups is 1. The van der Waals surface area contributed by atoms with Gasteiger partial charge in [0.05, 0.1) is 17.3 Å². The molecule has 2 heterocycles. The Morgan fingerprint density at radius 3 is 2.79 bits per heavy atom. The van der Waals surface area contributed by atoms with Crippen LogP contribution >= 0.6 is 22.9 Å². The van der Waals surface area contributed by atoms with Crippen LogP contribution in [0.3, 0.4) is 0 Å². The number of ether oxygens (including phenoxy) is 1. The van der Waals surface area contributed by atoms with Crippen molar-refractivity contribution in [3.8, 4) is 5.75 Å². The third-order valence-electron chi connectivity index (χ3n) is 4.06. The second-order valence-electron chi connectivity index (χ2n) is 7.41. The molecular weight excluding hydrogens is 400 g/mol. The maximum atomic E-state index is 10.1. The van der Waals surface area contributed by atoms with Crippen LogP contribution in [0.4, 0.5) is 10.8 Å². The zero-order valence-corrected chi connectivity index (χ0v) is 17.4. The smallest absolute Gasteiger partial charge is 0.209 e. The molecule has 1 aliphatic heterocycles. The zero-order chi connectivity index (χ0) is 20.3. The van der Waals surface area contributed by atoms with Crippen molar-refractivity contribution in [1.29, 1.82) is 0 Å². The number of aliphatic hydroxyl groups excluding tert-OH is 1. The van der Waals surface area contributed by atoms with Gasteiger partial charge in [-0.25, -0.2) is 9.98 Å². The average molecular weight is 423 g/mol. The molecule has 2 aromatic rings. The SMILES string of the molecule is CC(C)(C)C1CN=C(/C=C/c2cnc(NC(O)Nc3ccc(O)cc3Cl)s2)O1. The van der Waals surface area contributed by atoms with Crippen LogP contribution < -0.4 is 10.6 Å². The predicted molar refractivity (Wildman–Crippen MR) is 114 cm³/mol. The van der Waals surface area contributed by atoms with Gasteiger partial charge in [-0.1, -0.05) is 43.7 Å². The van der Waals surface area contributed by atoms with Gasteiger partial charge in [0.25, 0.3) is 0 Å². The van der Waals surface area contributed by atoms with Crippen LogP contribution in [-0.2, 0) is 4.74 Å². The Hall–Kier alpha value is -2.29. The Morgan fingerprint density at radius 2 is 2.11 bits per heavy atom. The minimum Gasteiger partial charge on any atom is -0.508 e. The van der Waals surface area contributed by atoms with E-state index >= 15 is 0 Å². The highest BCUT2D eigenvalue weighted by Crippen LogP contribution is 2.28. The fourth-order valence-electron chi connectivity index (χ4n) is 2.44. The number of rotatable bonds is 6. The number of hydrogen-bond donors (Lipinski definition) is 4. The van der Waals surface area contributed by atoms with E-state index in [0.29, 0.717) is 28.3 Å². The second-order valence-corrected chi connectivity index (χ2v) is 8.88. The second kappa shape index (κ2) is 8.38. The van der Waals surface area contributed by atoms with Gasteiger partial charge in [-0.3, -0.25) is 0 Å². The number of nitrogens with one attached hydrogen (secondary N) is 2. The summed E-state index contributed by atoms with van der Waals surface area (Å²) in [6.45, 7) is 7.05. The average Bonchev–Trinajstić information content (AvgIpc) is 3.24. The summed E-state index contributed by atoms with van der Waals surface area (Å²) in [4.78, 5) is 9.54. The molecule has 3 rings (SSSR count). The standard InChI is InChI=1S/C19H23ClN4O3S/c1-19(2,3)15-10-21-16(27-15)7-5-12-9-22-18(28-12)24-17(26)23-14-6-4-11(25)8-13(14)20/h4-9,15,17,23,25-26H,10H2,1-3H3,(H,22,24)/b7-5+. The van der Waals surface area contributed by atoms with E-state index in [-0.39, 0.29) is 17.3 Å². The Labute approximate surface area is 172 Å². The van der Waals surface area contributed by atoms with Crippen LogP contribution in [0.1, 0.15) is 25.6 Å². The van der Waals surface area contributed by atoms with Gasteiger partial charge in [0.1, 0.15) is 11.9 Å². The summed E-state index contributed by atoms with van der Waals surface area (Å²) in [6.07, 6.45) is 4.39. The van der Waals surface area contributed by atoms with Crippen LogP contribution in [0.25, 0.3) is 6.08 Å². The largest absolute Gasteiger partial charge is 0.508 e. The summed E-state index contributed by atoms with van der Waals surface area (Å²) < 4.78 is 5.86. The molecule has 2 atom stereocenters. The van der Waals surface area contributed by atoms with E-state index in [4.69, 9.17) is 16.3 Å². The number of aromatic nitrogens is 1. The normalized spacial score (nSPS) is 18.0. The van der Waals surface area contributed by atoms with Crippen molar-refractivity contribution in [3.05, 3.63) is 40.4 Å². The van der Waals surface area contributed by atoms with E-state index < -0.39 is 6.35 Å². The van der Waals surface area contributed by atoms with Gasteiger partial charge < -0.3 is 25.6 Å². The van der Waals surface area contributed by atoms with Gasteiger partial charge in [-0.05, 0) is 18.2 Å². The van der Waals surface area contributed by atoms with Gasteiger partial charge in [-0.15, -0.1) is 0 Å². The predicted octanol–water partition coefficient (Wildman–Crippen LogP) is 4.16. The number of phenolic OH excluding ortho intramolecular Hbond substituents is 1. The molecule has 28 heavy (non-hydrogen) atoms. The molecule has 1 aromatic heterocycles. The third kappa shape index (κ3) is 5.37. The molecule has 0 saturated carbocycles. The Bertz CT molecular complexity index is 892. The van der Waals surface area contributed by atoms with Gasteiger partial charge in [-0.2, -0.15) is 0 Å². The topological polar surface area (TPSA) is 99.0 Å². The van der Waals surface area contributed by atoms with Gasteiger partial charge in [0, 0.05) is 28.6 Å². The van der Waals surface area contributed by atoms with Crippen LogP contribution in [0.5, 0.6) is 5.75 Å². The molecule has 2 unspecified atom stereocenters. The van der Waals surface area contributed by atoms with Crippen molar-refractivity contribution in [2.45, 2.75) is 33.2 Å². The van der Waals surface area contributed by atoms with Crippen molar-refractivity contribution < 1.29 is 14.9 Å². The monoisotopic (exact) mass is 422 g/mol. The van der Waals surface area contributed by atoms with E-state index in [0.717, 1.165) is 4.88 Å². The molecule has 0 spiro atoms. The number of anilines is 2. The lowest BCUT2D eigenvalue weighted by Gasteiger charge is -2.25. The summed E-state index contributed by atoms with van der Waals surface area (Å²) in [6, 6.07) is 4.44. The quantitative estimate of drug-likeness (QED) is 0.412. The highest BCUT2D eigenvalue weighted by atomic mass is 35.5. The molecule has 150 valence electrons. The maximum Gasteiger partial charge on any atom is 0.209 e. The number of aromatic hydroxyl groups is 1. The minimum absolute atomic E-state index is 0.0458. The third-order valence-corrected chi connectivity index (χ3v) is 5.27. The van der Waals surface area contributed by atoms with Gasteiger partial charge >= 0.3 is 0 Å². The van der Waals surface area contributed by atoms with Crippen LogP contribution in [0.2, 0.25) is 5.02 Å². The number of thiazole rings is 1. The van der Waals surface area contributed by atoms with Crippen LogP contribution in [-0.4, -0.2) is 40.1 Å². The number of aliphatic imine (C=N–C) groups is 1. The van der Waals surface area contributed by atoms with E-state index in [1.54, 1.807) is 12.3 Å². The van der Waals surface area contributed by atoms with Crippen LogP contribution in [0.15, 0.2) is 35.5 Å². The summed E-state index contributed by atoms with van der Waals surface area (Å²) >= 11 is 7.39. The van der Waals surface area contributed by atoms with E-state index in [1.807, 2.05) is 12.2 Å². The highest BCUT2D eigenvalue weighted by Gasteiger charge is 2.30. The Kier molecular flexibility index (Phi) is 6.12. The Morgan fingerprint density at radius 1 is 1.32 bits per heavy atom. The molecule has 0 bridgehead atoms. The number of phenols is 1. The first-order valence-corrected chi connectivity index (χ1v) is 9.95. The zero-order valence-electron chi connectivity index (χ0n) is 15.8. The maximum absolute atomic E-state index is 10.1. The van der Waals surface area contributed by atoms with E-state index in [1.165, 1.54) is 23.5 Å². The fourth-order valence-corrected chi connectivity index (χ4v) is 3.41.